The minimum atomic E-state index is 0.0925. The molecule has 1 aliphatic carbocycles. The Morgan fingerprint density at radius 1 is 1.57 bits per heavy atom. The molecular formula is C10H14ClN3. The lowest BCUT2D eigenvalue weighted by molar-refractivity contribution is 0.601. The lowest BCUT2D eigenvalue weighted by atomic mass is 10.1. The minimum absolute atomic E-state index is 0.0925. The molecular weight excluding hydrogens is 198 g/mol. The monoisotopic (exact) mass is 211 g/mol. The van der Waals surface area contributed by atoms with Crippen LogP contribution in [0.2, 0.25) is 5.15 Å². The second-order valence-electron chi connectivity index (χ2n) is 4.10. The van der Waals surface area contributed by atoms with Crippen molar-refractivity contribution in [3.05, 3.63) is 22.7 Å². The Labute approximate surface area is 88.7 Å². The summed E-state index contributed by atoms with van der Waals surface area (Å²) in [6.45, 7) is 1.87. The molecule has 2 N–H and O–H groups in total. The van der Waals surface area contributed by atoms with Crippen LogP contribution in [0.3, 0.4) is 0 Å². The Kier molecular flexibility index (Phi) is 2.45. The summed E-state index contributed by atoms with van der Waals surface area (Å²) in [4.78, 5) is 8.42. The fourth-order valence-electron chi connectivity index (χ4n) is 1.42. The van der Waals surface area contributed by atoms with Crippen LogP contribution >= 0.6 is 11.6 Å². The molecule has 0 amide bonds. The summed E-state index contributed by atoms with van der Waals surface area (Å²) in [6.07, 6.45) is 5.94. The fraction of sp³-hybridized carbons (Fsp3) is 0.600. The number of aryl methyl sites for hydroxylation is 2. The Hall–Kier alpha value is -0.670. The van der Waals surface area contributed by atoms with E-state index >= 15 is 0 Å². The maximum Gasteiger partial charge on any atom is 0.150 e. The van der Waals surface area contributed by atoms with E-state index in [9.17, 15) is 0 Å². The van der Waals surface area contributed by atoms with Crippen LogP contribution in [0.25, 0.3) is 0 Å². The van der Waals surface area contributed by atoms with Gasteiger partial charge in [0.2, 0.25) is 0 Å². The van der Waals surface area contributed by atoms with Crippen molar-refractivity contribution in [2.45, 2.75) is 38.1 Å². The molecule has 4 heteroatoms. The highest BCUT2D eigenvalue weighted by Crippen LogP contribution is 2.36. The smallest absolute Gasteiger partial charge is 0.150 e. The topological polar surface area (TPSA) is 51.8 Å². The van der Waals surface area contributed by atoms with Crippen LogP contribution in [-0.4, -0.2) is 15.5 Å². The lowest BCUT2D eigenvalue weighted by Crippen LogP contribution is -2.22. The van der Waals surface area contributed by atoms with Crippen molar-refractivity contribution >= 4 is 11.6 Å². The standard InChI is InChI=1S/C10H14ClN3/c1-7-9(11)13-6-8(14-7)2-3-10(12)4-5-10/h6H,2-5,12H2,1H3. The molecule has 76 valence electrons. The summed E-state index contributed by atoms with van der Waals surface area (Å²) in [5.74, 6) is 0. The summed E-state index contributed by atoms with van der Waals surface area (Å²) < 4.78 is 0. The first-order valence-electron chi connectivity index (χ1n) is 4.86. The van der Waals surface area contributed by atoms with E-state index < -0.39 is 0 Å². The summed E-state index contributed by atoms with van der Waals surface area (Å²) in [6, 6.07) is 0. The molecule has 3 nitrogen and oxygen atoms in total. The molecule has 1 aliphatic rings. The summed E-state index contributed by atoms with van der Waals surface area (Å²) >= 11 is 5.78. The fourth-order valence-corrected chi connectivity index (χ4v) is 1.51. The van der Waals surface area contributed by atoms with E-state index in [1.54, 1.807) is 6.20 Å². The predicted octanol–water partition coefficient (Wildman–Crippen LogP) is 1.86. The molecule has 0 saturated heterocycles. The Balaban J connectivity index is 1.99. The second-order valence-corrected chi connectivity index (χ2v) is 4.46. The van der Waals surface area contributed by atoms with E-state index in [1.165, 1.54) is 0 Å². The van der Waals surface area contributed by atoms with Gasteiger partial charge in [0.05, 0.1) is 17.6 Å². The molecule has 0 aromatic carbocycles. The molecule has 1 aromatic heterocycles. The van der Waals surface area contributed by atoms with Gasteiger partial charge in [-0.05, 0) is 32.6 Å². The van der Waals surface area contributed by atoms with Crippen LogP contribution in [0, 0.1) is 6.92 Å². The van der Waals surface area contributed by atoms with Gasteiger partial charge < -0.3 is 5.73 Å². The van der Waals surface area contributed by atoms with Crippen LogP contribution in [0.15, 0.2) is 6.20 Å². The van der Waals surface area contributed by atoms with Gasteiger partial charge in [0.25, 0.3) is 0 Å². The highest BCUT2D eigenvalue weighted by Gasteiger charge is 2.37. The van der Waals surface area contributed by atoms with Gasteiger partial charge in [-0.25, -0.2) is 4.98 Å². The van der Waals surface area contributed by atoms with Gasteiger partial charge >= 0.3 is 0 Å². The van der Waals surface area contributed by atoms with Gasteiger partial charge in [0.1, 0.15) is 5.15 Å². The van der Waals surface area contributed by atoms with Crippen LogP contribution in [-0.2, 0) is 6.42 Å². The van der Waals surface area contributed by atoms with Gasteiger partial charge in [-0.2, -0.15) is 0 Å². The quantitative estimate of drug-likeness (QED) is 0.831. The van der Waals surface area contributed by atoms with Crippen LogP contribution < -0.4 is 5.73 Å². The predicted molar refractivity (Wildman–Crippen MR) is 56.3 cm³/mol. The Bertz CT molecular complexity index is 347. The maximum absolute atomic E-state index is 5.99. The lowest BCUT2D eigenvalue weighted by Gasteiger charge is -2.07. The number of rotatable bonds is 3. The van der Waals surface area contributed by atoms with Crippen LogP contribution in [0.5, 0.6) is 0 Å². The van der Waals surface area contributed by atoms with Crippen LogP contribution in [0.4, 0.5) is 0 Å². The van der Waals surface area contributed by atoms with E-state index in [1.807, 2.05) is 6.92 Å². The number of aromatic nitrogens is 2. The SMILES string of the molecule is Cc1nc(CCC2(N)CC2)cnc1Cl. The largest absolute Gasteiger partial charge is 0.325 e. The van der Waals surface area contributed by atoms with Crippen molar-refractivity contribution in [3.8, 4) is 0 Å². The summed E-state index contributed by atoms with van der Waals surface area (Å²) in [5, 5.41) is 0.489. The number of nitrogens with zero attached hydrogens (tertiary/aromatic N) is 2. The van der Waals surface area contributed by atoms with Crippen molar-refractivity contribution in [3.63, 3.8) is 0 Å². The zero-order valence-corrected chi connectivity index (χ0v) is 9.01. The highest BCUT2D eigenvalue weighted by atomic mass is 35.5. The Morgan fingerprint density at radius 3 is 2.86 bits per heavy atom. The van der Waals surface area contributed by atoms with E-state index in [0.717, 1.165) is 37.1 Å². The third-order valence-corrected chi connectivity index (χ3v) is 3.08. The molecule has 1 aromatic rings. The molecule has 0 aliphatic heterocycles. The van der Waals surface area contributed by atoms with Crippen molar-refractivity contribution in [2.75, 3.05) is 0 Å². The first-order chi connectivity index (χ1) is 6.59. The number of nitrogens with two attached hydrogens (primary N) is 1. The molecule has 1 heterocycles. The minimum Gasteiger partial charge on any atom is -0.325 e. The molecule has 2 rings (SSSR count). The average molecular weight is 212 g/mol. The molecule has 14 heavy (non-hydrogen) atoms. The number of halogens is 1. The van der Waals surface area contributed by atoms with Crippen molar-refractivity contribution in [1.29, 1.82) is 0 Å². The third-order valence-electron chi connectivity index (χ3n) is 2.71. The van der Waals surface area contributed by atoms with Gasteiger partial charge in [-0.1, -0.05) is 11.6 Å². The van der Waals surface area contributed by atoms with Crippen molar-refractivity contribution in [1.82, 2.24) is 9.97 Å². The van der Waals surface area contributed by atoms with Crippen LogP contribution in [0.1, 0.15) is 30.7 Å². The number of hydrogen-bond donors (Lipinski definition) is 1. The molecule has 1 fully saturated rings. The van der Waals surface area contributed by atoms with E-state index in [2.05, 4.69) is 9.97 Å². The summed E-state index contributed by atoms with van der Waals surface area (Å²) in [7, 11) is 0. The second kappa shape index (κ2) is 3.48. The zero-order valence-electron chi connectivity index (χ0n) is 8.26. The molecule has 0 radical (unpaired) electrons. The molecule has 1 saturated carbocycles. The van der Waals surface area contributed by atoms with Crippen molar-refractivity contribution < 1.29 is 0 Å². The van der Waals surface area contributed by atoms with Gasteiger partial charge in [0, 0.05) is 5.54 Å². The van der Waals surface area contributed by atoms with E-state index in [-0.39, 0.29) is 5.54 Å². The van der Waals surface area contributed by atoms with E-state index in [4.69, 9.17) is 17.3 Å². The normalized spacial score (nSPS) is 18.2. The first kappa shape index (κ1) is 9.87. The van der Waals surface area contributed by atoms with Crippen molar-refractivity contribution in [2.24, 2.45) is 5.73 Å². The molecule has 0 unspecified atom stereocenters. The van der Waals surface area contributed by atoms with Gasteiger partial charge in [0.15, 0.2) is 0 Å². The summed E-state index contributed by atoms with van der Waals surface area (Å²) in [5.41, 5.74) is 7.87. The maximum atomic E-state index is 5.99. The highest BCUT2D eigenvalue weighted by molar-refractivity contribution is 6.29. The molecule has 0 atom stereocenters. The Morgan fingerprint density at radius 2 is 2.29 bits per heavy atom. The molecule has 0 bridgehead atoms. The number of hydrogen-bond acceptors (Lipinski definition) is 3. The van der Waals surface area contributed by atoms with Gasteiger partial charge in [-0.3, -0.25) is 4.98 Å². The molecule has 0 spiro atoms. The third kappa shape index (κ3) is 2.22. The van der Waals surface area contributed by atoms with E-state index in [0.29, 0.717) is 5.15 Å². The average Bonchev–Trinajstić information content (AvgIpc) is 2.87. The zero-order chi connectivity index (χ0) is 10.2. The van der Waals surface area contributed by atoms with Gasteiger partial charge in [-0.15, -0.1) is 0 Å². The first-order valence-corrected chi connectivity index (χ1v) is 5.24.